The fourth-order valence-corrected chi connectivity index (χ4v) is 3.21. The summed E-state index contributed by atoms with van der Waals surface area (Å²) in [5, 5.41) is 14.9. The Balaban J connectivity index is 1.90. The molecule has 6 heteroatoms. The van der Waals surface area contributed by atoms with Crippen molar-refractivity contribution in [3.05, 3.63) is 28.3 Å². The largest absolute Gasteiger partial charge is 0.496 e. The highest BCUT2D eigenvalue weighted by molar-refractivity contribution is 5.65. The molecular formula is C14H19N3O3. The van der Waals surface area contributed by atoms with Gasteiger partial charge in [-0.15, -0.1) is 0 Å². The second-order valence-electron chi connectivity index (χ2n) is 5.48. The average molecular weight is 277 g/mol. The number of methoxy groups -OCH3 is 1. The number of nitrogens with one attached hydrogen (secondary N) is 1. The van der Waals surface area contributed by atoms with Crippen molar-refractivity contribution in [2.75, 3.05) is 25.1 Å². The lowest BCUT2D eigenvalue weighted by Crippen LogP contribution is -2.35. The standard InChI is InChI=1S/C14H19N3O3/c1-20-12-4-5-13(14(8-12)17(18)19)16-7-6-10-2-3-11(9-16)15-10/h4-5,8,10-11,15H,2-3,6-7,9H2,1H3. The van der Waals surface area contributed by atoms with Crippen molar-refractivity contribution in [3.8, 4) is 5.75 Å². The summed E-state index contributed by atoms with van der Waals surface area (Å²) in [4.78, 5) is 13.1. The summed E-state index contributed by atoms with van der Waals surface area (Å²) in [6, 6.07) is 6.12. The third-order valence-electron chi connectivity index (χ3n) is 4.24. The predicted octanol–water partition coefficient (Wildman–Crippen LogP) is 1.93. The van der Waals surface area contributed by atoms with Crippen molar-refractivity contribution in [2.45, 2.75) is 31.3 Å². The number of hydrogen-bond donors (Lipinski definition) is 1. The van der Waals surface area contributed by atoms with Gasteiger partial charge < -0.3 is 15.0 Å². The fraction of sp³-hybridized carbons (Fsp3) is 0.571. The summed E-state index contributed by atoms with van der Waals surface area (Å²) in [5.74, 6) is 0.523. The Morgan fingerprint density at radius 1 is 1.35 bits per heavy atom. The van der Waals surface area contributed by atoms with E-state index in [1.165, 1.54) is 19.6 Å². The topological polar surface area (TPSA) is 67.6 Å². The minimum atomic E-state index is -0.325. The minimum Gasteiger partial charge on any atom is -0.496 e. The normalized spacial score (nSPS) is 25.4. The van der Waals surface area contributed by atoms with Gasteiger partial charge in [-0.3, -0.25) is 10.1 Å². The first-order valence-corrected chi connectivity index (χ1v) is 7.01. The van der Waals surface area contributed by atoms with Crippen molar-refractivity contribution < 1.29 is 9.66 Å². The maximum atomic E-state index is 11.3. The second-order valence-corrected chi connectivity index (χ2v) is 5.48. The summed E-state index contributed by atoms with van der Waals surface area (Å²) in [5.41, 5.74) is 0.826. The van der Waals surface area contributed by atoms with E-state index in [2.05, 4.69) is 10.2 Å². The molecule has 0 saturated carbocycles. The van der Waals surface area contributed by atoms with E-state index in [0.29, 0.717) is 23.5 Å². The van der Waals surface area contributed by atoms with Crippen LogP contribution in [0.3, 0.4) is 0 Å². The first-order valence-electron chi connectivity index (χ1n) is 7.01. The summed E-state index contributed by atoms with van der Waals surface area (Å²) < 4.78 is 5.09. The molecule has 6 nitrogen and oxygen atoms in total. The highest BCUT2D eigenvalue weighted by atomic mass is 16.6. The lowest BCUT2D eigenvalue weighted by Gasteiger charge is -2.26. The number of nitrogens with zero attached hydrogens (tertiary/aromatic N) is 2. The number of benzene rings is 1. The molecule has 0 amide bonds. The molecule has 1 N–H and O–H groups in total. The van der Waals surface area contributed by atoms with Gasteiger partial charge in [0.15, 0.2) is 0 Å². The van der Waals surface area contributed by atoms with Gasteiger partial charge in [0.1, 0.15) is 11.4 Å². The first-order chi connectivity index (χ1) is 9.67. The Labute approximate surface area is 117 Å². The Bertz CT molecular complexity index is 520. The number of fused-ring (bicyclic) bond motifs is 2. The van der Waals surface area contributed by atoms with E-state index in [0.717, 1.165) is 25.9 Å². The van der Waals surface area contributed by atoms with Crippen LogP contribution in [0.1, 0.15) is 19.3 Å². The summed E-state index contributed by atoms with van der Waals surface area (Å²) in [7, 11) is 1.52. The fourth-order valence-electron chi connectivity index (χ4n) is 3.21. The quantitative estimate of drug-likeness (QED) is 0.675. The van der Waals surface area contributed by atoms with Gasteiger partial charge in [0, 0.05) is 25.2 Å². The van der Waals surface area contributed by atoms with E-state index < -0.39 is 0 Å². The smallest absolute Gasteiger partial charge is 0.296 e. The molecule has 2 aliphatic heterocycles. The first kappa shape index (κ1) is 13.2. The van der Waals surface area contributed by atoms with Crippen LogP contribution in [0.5, 0.6) is 5.75 Å². The van der Waals surface area contributed by atoms with E-state index in [4.69, 9.17) is 4.74 Å². The van der Waals surface area contributed by atoms with Crippen LogP contribution in [0.2, 0.25) is 0 Å². The average Bonchev–Trinajstić information content (AvgIpc) is 2.78. The van der Waals surface area contributed by atoms with Crippen LogP contribution in [0.4, 0.5) is 11.4 Å². The van der Waals surface area contributed by atoms with E-state index in [1.54, 1.807) is 12.1 Å². The lowest BCUT2D eigenvalue weighted by molar-refractivity contribution is -0.384. The van der Waals surface area contributed by atoms with Crippen molar-refractivity contribution in [1.82, 2.24) is 5.32 Å². The molecule has 2 unspecified atom stereocenters. The molecule has 20 heavy (non-hydrogen) atoms. The second kappa shape index (κ2) is 5.28. The molecular weight excluding hydrogens is 258 g/mol. The molecule has 2 heterocycles. The Morgan fingerprint density at radius 2 is 2.15 bits per heavy atom. The van der Waals surface area contributed by atoms with E-state index in [1.807, 2.05) is 0 Å². The molecule has 1 aromatic carbocycles. The van der Waals surface area contributed by atoms with Crippen LogP contribution >= 0.6 is 0 Å². The van der Waals surface area contributed by atoms with E-state index >= 15 is 0 Å². The molecule has 1 aromatic rings. The third-order valence-corrected chi connectivity index (χ3v) is 4.24. The molecule has 2 saturated heterocycles. The van der Waals surface area contributed by atoms with Crippen LogP contribution < -0.4 is 15.0 Å². The molecule has 108 valence electrons. The molecule has 2 bridgehead atoms. The Hall–Kier alpha value is -1.82. The number of nitro groups is 1. The lowest BCUT2D eigenvalue weighted by atomic mass is 10.1. The van der Waals surface area contributed by atoms with Gasteiger partial charge in [-0.1, -0.05) is 0 Å². The molecule has 3 rings (SSSR count). The van der Waals surface area contributed by atoms with Crippen LogP contribution in [0, 0.1) is 10.1 Å². The zero-order valence-corrected chi connectivity index (χ0v) is 11.5. The molecule has 0 aromatic heterocycles. The van der Waals surface area contributed by atoms with Gasteiger partial charge in [-0.05, 0) is 31.4 Å². The zero-order valence-electron chi connectivity index (χ0n) is 11.5. The Kier molecular flexibility index (Phi) is 3.48. The van der Waals surface area contributed by atoms with E-state index in [-0.39, 0.29) is 10.6 Å². The van der Waals surface area contributed by atoms with Gasteiger partial charge >= 0.3 is 0 Å². The van der Waals surface area contributed by atoms with Crippen molar-refractivity contribution in [1.29, 1.82) is 0 Å². The minimum absolute atomic E-state index is 0.127. The van der Waals surface area contributed by atoms with E-state index in [9.17, 15) is 10.1 Å². The maximum absolute atomic E-state index is 11.3. The van der Waals surface area contributed by atoms with Gasteiger partial charge in [0.05, 0.1) is 18.1 Å². The monoisotopic (exact) mass is 277 g/mol. The van der Waals surface area contributed by atoms with Gasteiger partial charge in [0.25, 0.3) is 5.69 Å². The van der Waals surface area contributed by atoms with Gasteiger partial charge in [-0.2, -0.15) is 0 Å². The number of rotatable bonds is 3. The number of hydrogen-bond acceptors (Lipinski definition) is 5. The molecule has 2 aliphatic rings. The van der Waals surface area contributed by atoms with Crippen molar-refractivity contribution >= 4 is 11.4 Å². The SMILES string of the molecule is COc1ccc(N2CCC3CCC(C2)N3)c([N+](=O)[O-])c1. The highest BCUT2D eigenvalue weighted by Gasteiger charge is 2.31. The maximum Gasteiger partial charge on any atom is 0.296 e. The summed E-state index contributed by atoms with van der Waals surface area (Å²) in [6.07, 6.45) is 3.42. The molecule has 2 atom stereocenters. The molecule has 0 aliphatic carbocycles. The predicted molar refractivity (Wildman–Crippen MR) is 76.4 cm³/mol. The number of nitro benzene ring substituents is 1. The van der Waals surface area contributed by atoms with Crippen molar-refractivity contribution in [2.24, 2.45) is 0 Å². The highest BCUT2D eigenvalue weighted by Crippen LogP contribution is 2.34. The zero-order chi connectivity index (χ0) is 14.1. The van der Waals surface area contributed by atoms with Crippen LogP contribution in [0.25, 0.3) is 0 Å². The van der Waals surface area contributed by atoms with Gasteiger partial charge in [0.2, 0.25) is 0 Å². The molecule has 0 spiro atoms. The summed E-state index contributed by atoms with van der Waals surface area (Å²) in [6.45, 7) is 1.70. The summed E-state index contributed by atoms with van der Waals surface area (Å²) >= 11 is 0. The third kappa shape index (κ3) is 2.43. The molecule has 2 fully saturated rings. The number of anilines is 1. The van der Waals surface area contributed by atoms with Crippen LogP contribution in [0.15, 0.2) is 18.2 Å². The van der Waals surface area contributed by atoms with Crippen molar-refractivity contribution in [3.63, 3.8) is 0 Å². The van der Waals surface area contributed by atoms with Crippen LogP contribution in [-0.4, -0.2) is 37.2 Å². The van der Waals surface area contributed by atoms with Gasteiger partial charge in [-0.25, -0.2) is 0 Å². The van der Waals surface area contributed by atoms with Crippen LogP contribution in [-0.2, 0) is 0 Å². The Morgan fingerprint density at radius 3 is 2.90 bits per heavy atom. The molecule has 0 radical (unpaired) electrons. The number of ether oxygens (including phenoxy) is 1.